The molecule has 0 rings (SSSR count). The first-order valence-corrected chi connectivity index (χ1v) is 24.8. The van der Waals surface area contributed by atoms with Gasteiger partial charge in [-0.15, -0.1) is 0 Å². The van der Waals surface area contributed by atoms with Crippen LogP contribution in [-0.2, 0) is 23.8 Å². The zero-order valence-corrected chi connectivity index (χ0v) is 38.6. The minimum absolute atomic E-state index is 0.0687. The van der Waals surface area contributed by atoms with E-state index in [9.17, 15) is 9.59 Å². The number of unbranched alkanes of at least 4 members (excludes halogenated alkanes) is 24. The first-order valence-electron chi connectivity index (χ1n) is 24.8. The van der Waals surface area contributed by atoms with Gasteiger partial charge in [0.2, 0.25) is 0 Å². The molecule has 0 aliphatic rings. The zero-order valence-electron chi connectivity index (χ0n) is 38.6. The third kappa shape index (κ3) is 46.3. The summed E-state index contributed by atoms with van der Waals surface area (Å²) in [7, 11) is 0. The van der Waals surface area contributed by atoms with Crippen molar-refractivity contribution in [2.24, 2.45) is 0 Å². The molecular formula is C53H94O5. The van der Waals surface area contributed by atoms with Gasteiger partial charge in [0.25, 0.3) is 0 Å². The van der Waals surface area contributed by atoms with E-state index in [0.29, 0.717) is 19.4 Å². The van der Waals surface area contributed by atoms with Gasteiger partial charge in [0.05, 0.1) is 6.61 Å². The van der Waals surface area contributed by atoms with Crippen molar-refractivity contribution < 1.29 is 23.8 Å². The highest BCUT2D eigenvalue weighted by Crippen LogP contribution is 2.14. The van der Waals surface area contributed by atoms with E-state index >= 15 is 0 Å². The van der Waals surface area contributed by atoms with Gasteiger partial charge in [-0.1, -0.05) is 204 Å². The molecule has 5 heteroatoms. The Bertz CT molecular complexity index is 1010. The molecule has 0 saturated heterocycles. The summed E-state index contributed by atoms with van der Waals surface area (Å²) < 4.78 is 17.3. The number of carbonyl (C=O) groups is 2. The van der Waals surface area contributed by atoms with Gasteiger partial charge in [0, 0.05) is 19.4 Å². The van der Waals surface area contributed by atoms with Crippen LogP contribution in [0.15, 0.2) is 60.8 Å². The van der Waals surface area contributed by atoms with Crippen LogP contribution in [0.3, 0.4) is 0 Å². The van der Waals surface area contributed by atoms with Gasteiger partial charge < -0.3 is 14.2 Å². The summed E-state index contributed by atoms with van der Waals surface area (Å²) in [5, 5.41) is 0. The van der Waals surface area contributed by atoms with Gasteiger partial charge in [-0.05, 0) is 83.5 Å². The van der Waals surface area contributed by atoms with E-state index in [1.807, 2.05) is 0 Å². The fourth-order valence-corrected chi connectivity index (χ4v) is 6.85. The molecule has 0 spiro atoms. The minimum atomic E-state index is -0.548. The van der Waals surface area contributed by atoms with Crippen LogP contribution in [-0.4, -0.2) is 37.9 Å². The fraction of sp³-hybridized carbons (Fsp3) is 0.774. The highest BCUT2D eigenvalue weighted by atomic mass is 16.6. The van der Waals surface area contributed by atoms with Crippen molar-refractivity contribution in [2.45, 2.75) is 245 Å². The molecule has 0 fully saturated rings. The zero-order chi connectivity index (χ0) is 42.1. The molecule has 0 radical (unpaired) electrons. The molecule has 0 aliphatic carbocycles. The van der Waals surface area contributed by atoms with E-state index < -0.39 is 6.10 Å². The van der Waals surface area contributed by atoms with Gasteiger partial charge >= 0.3 is 11.9 Å². The summed E-state index contributed by atoms with van der Waals surface area (Å²) in [6.07, 6.45) is 60.8. The lowest BCUT2D eigenvalue weighted by Gasteiger charge is -2.18. The van der Waals surface area contributed by atoms with Crippen LogP contribution in [0.25, 0.3) is 0 Å². The number of hydrogen-bond donors (Lipinski definition) is 0. The molecule has 58 heavy (non-hydrogen) atoms. The third-order valence-corrected chi connectivity index (χ3v) is 10.5. The first kappa shape index (κ1) is 55.6. The van der Waals surface area contributed by atoms with Crippen molar-refractivity contribution in [3.63, 3.8) is 0 Å². The lowest BCUT2D eigenvalue weighted by atomic mass is 10.1. The maximum atomic E-state index is 12.7. The smallest absolute Gasteiger partial charge is 0.306 e. The van der Waals surface area contributed by atoms with Crippen LogP contribution >= 0.6 is 0 Å². The van der Waals surface area contributed by atoms with E-state index in [1.165, 1.54) is 128 Å². The molecule has 1 atom stereocenters. The molecular weight excluding hydrogens is 717 g/mol. The fourth-order valence-electron chi connectivity index (χ4n) is 6.85. The number of carbonyl (C=O) groups excluding carboxylic acids is 2. The predicted molar refractivity (Wildman–Crippen MR) is 251 cm³/mol. The Morgan fingerprint density at radius 2 is 0.776 bits per heavy atom. The van der Waals surface area contributed by atoms with E-state index in [1.54, 1.807) is 0 Å². The summed E-state index contributed by atoms with van der Waals surface area (Å²) >= 11 is 0. The predicted octanol–water partition coefficient (Wildman–Crippen LogP) is 16.6. The summed E-state index contributed by atoms with van der Waals surface area (Å²) in [5.74, 6) is -0.430. The largest absolute Gasteiger partial charge is 0.462 e. The Balaban J connectivity index is 4.26. The molecule has 0 aromatic carbocycles. The molecule has 5 nitrogen and oxygen atoms in total. The summed E-state index contributed by atoms with van der Waals surface area (Å²) in [6, 6.07) is 0. The van der Waals surface area contributed by atoms with Crippen molar-refractivity contribution in [3.8, 4) is 0 Å². The average Bonchev–Trinajstić information content (AvgIpc) is 3.22. The normalized spacial score (nSPS) is 12.7. The van der Waals surface area contributed by atoms with Crippen molar-refractivity contribution in [2.75, 3.05) is 19.8 Å². The van der Waals surface area contributed by atoms with Crippen molar-refractivity contribution in [1.82, 2.24) is 0 Å². The van der Waals surface area contributed by atoms with Crippen LogP contribution in [0, 0.1) is 0 Å². The van der Waals surface area contributed by atoms with Crippen LogP contribution in [0.1, 0.15) is 239 Å². The Hall–Kier alpha value is -2.40. The van der Waals surface area contributed by atoms with Crippen molar-refractivity contribution in [1.29, 1.82) is 0 Å². The van der Waals surface area contributed by atoms with E-state index in [2.05, 4.69) is 81.5 Å². The maximum absolute atomic E-state index is 12.7. The Morgan fingerprint density at radius 1 is 0.397 bits per heavy atom. The highest BCUT2D eigenvalue weighted by molar-refractivity contribution is 5.70. The van der Waals surface area contributed by atoms with Crippen molar-refractivity contribution in [3.05, 3.63) is 60.8 Å². The van der Waals surface area contributed by atoms with Gasteiger partial charge in [-0.25, -0.2) is 0 Å². The monoisotopic (exact) mass is 811 g/mol. The minimum Gasteiger partial charge on any atom is -0.462 e. The quantitative estimate of drug-likeness (QED) is 0.0348. The molecule has 0 aliphatic heterocycles. The molecule has 0 aromatic rings. The third-order valence-electron chi connectivity index (χ3n) is 10.5. The number of hydrogen-bond acceptors (Lipinski definition) is 5. The van der Waals surface area contributed by atoms with Gasteiger partial charge in [-0.2, -0.15) is 0 Å². The summed E-state index contributed by atoms with van der Waals surface area (Å²) in [6.45, 7) is 7.65. The second-order valence-corrected chi connectivity index (χ2v) is 16.3. The average molecular weight is 811 g/mol. The van der Waals surface area contributed by atoms with E-state index in [-0.39, 0.29) is 25.2 Å². The van der Waals surface area contributed by atoms with Gasteiger partial charge in [-0.3, -0.25) is 9.59 Å². The van der Waals surface area contributed by atoms with Crippen LogP contribution in [0.4, 0.5) is 0 Å². The first-order chi connectivity index (χ1) is 28.6. The summed E-state index contributed by atoms with van der Waals surface area (Å²) in [5.41, 5.74) is 0. The summed E-state index contributed by atoms with van der Waals surface area (Å²) in [4.78, 5) is 25.3. The number of allylic oxidation sites excluding steroid dienone is 10. The Morgan fingerprint density at radius 3 is 1.29 bits per heavy atom. The van der Waals surface area contributed by atoms with E-state index in [0.717, 1.165) is 77.0 Å². The van der Waals surface area contributed by atoms with Crippen LogP contribution < -0.4 is 0 Å². The SMILES string of the molecule is CC/C=C\C/C=C\C/C=C\CCCCCC(=O)OCC(COCCCCCCCCCC/C=C\C/C=C\CCCCC)OC(=O)CCCCCCCCCCCCC. The molecule has 0 bridgehead atoms. The second-order valence-electron chi connectivity index (χ2n) is 16.3. The molecule has 0 heterocycles. The Kier molecular flexibility index (Phi) is 46.9. The lowest BCUT2D eigenvalue weighted by molar-refractivity contribution is -0.163. The Labute approximate surface area is 360 Å². The van der Waals surface area contributed by atoms with Crippen LogP contribution in [0.5, 0.6) is 0 Å². The standard InChI is InChI=1S/C53H94O5/c1-4-7-10-13-16-19-22-24-25-26-27-28-30-33-36-39-42-45-48-56-49-51(58-53(55)47-44-41-38-35-31-21-18-15-12-9-6-3)50-57-52(54)46-43-40-37-34-32-29-23-20-17-14-11-8-5-2/h8,11,16-17,19-20,24-25,29,32,51H,4-7,9-10,12-15,18,21-23,26-28,30-31,33-50H2,1-3H3/b11-8-,19-16-,20-17-,25-24-,32-29-. The molecule has 0 aromatic heterocycles. The molecule has 0 N–H and O–H groups in total. The number of rotatable bonds is 45. The highest BCUT2D eigenvalue weighted by Gasteiger charge is 2.17. The molecule has 0 amide bonds. The topological polar surface area (TPSA) is 61.8 Å². The van der Waals surface area contributed by atoms with E-state index in [4.69, 9.17) is 14.2 Å². The number of ether oxygens (including phenoxy) is 3. The van der Waals surface area contributed by atoms with Gasteiger partial charge in [0.1, 0.15) is 6.61 Å². The molecule has 336 valence electrons. The lowest BCUT2D eigenvalue weighted by Crippen LogP contribution is -2.30. The maximum Gasteiger partial charge on any atom is 0.306 e. The molecule has 1 unspecified atom stereocenters. The van der Waals surface area contributed by atoms with Crippen molar-refractivity contribution >= 4 is 11.9 Å². The second kappa shape index (κ2) is 49.0. The van der Waals surface area contributed by atoms with Gasteiger partial charge in [0.15, 0.2) is 6.10 Å². The number of esters is 2. The van der Waals surface area contributed by atoms with Crippen LogP contribution in [0.2, 0.25) is 0 Å². The molecule has 0 saturated carbocycles.